The van der Waals surface area contributed by atoms with Gasteiger partial charge in [-0.05, 0) is 24.3 Å². The van der Waals surface area contributed by atoms with E-state index in [1.54, 1.807) is 12.4 Å². The van der Waals surface area contributed by atoms with E-state index in [4.69, 9.17) is 0 Å². The van der Waals surface area contributed by atoms with Crippen LogP contribution in [0.25, 0.3) is 33.2 Å². The van der Waals surface area contributed by atoms with Crippen molar-refractivity contribution in [3.8, 4) is 11.3 Å². The van der Waals surface area contributed by atoms with Crippen LogP contribution in [0.15, 0.2) is 36.7 Å². The van der Waals surface area contributed by atoms with Crippen molar-refractivity contribution in [1.29, 1.82) is 0 Å². The highest BCUT2D eigenvalue weighted by molar-refractivity contribution is 6.02. The molecule has 0 bridgehead atoms. The SMILES string of the molecule is CC(=O)c1nc2cc3c(-c4ccncc4)n[nH]c3cc2[nH]1. The summed E-state index contributed by atoms with van der Waals surface area (Å²) in [7, 11) is 0. The zero-order valence-corrected chi connectivity index (χ0v) is 11.2. The van der Waals surface area contributed by atoms with E-state index in [1.165, 1.54) is 6.92 Å². The van der Waals surface area contributed by atoms with Gasteiger partial charge in [0.2, 0.25) is 0 Å². The van der Waals surface area contributed by atoms with Crippen molar-refractivity contribution in [3.63, 3.8) is 0 Å². The number of fused-ring (bicyclic) bond motifs is 2. The first-order valence-electron chi connectivity index (χ1n) is 6.51. The van der Waals surface area contributed by atoms with Crippen molar-refractivity contribution in [2.45, 2.75) is 6.92 Å². The van der Waals surface area contributed by atoms with Gasteiger partial charge in [-0.15, -0.1) is 0 Å². The number of hydrogen-bond donors (Lipinski definition) is 2. The van der Waals surface area contributed by atoms with Crippen molar-refractivity contribution in [1.82, 2.24) is 25.1 Å². The van der Waals surface area contributed by atoms with Crippen LogP contribution in [0.3, 0.4) is 0 Å². The molecule has 4 rings (SSSR count). The lowest BCUT2D eigenvalue weighted by molar-refractivity contribution is 0.100. The first kappa shape index (κ1) is 11.8. The third-order valence-corrected chi connectivity index (χ3v) is 3.45. The molecule has 6 heteroatoms. The highest BCUT2D eigenvalue weighted by Gasteiger charge is 2.12. The predicted molar refractivity (Wildman–Crippen MR) is 79.0 cm³/mol. The molecule has 3 aromatic heterocycles. The molecule has 0 aliphatic carbocycles. The average molecular weight is 277 g/mol. The molecule has 0 spiro atoms. The molecular formula is C15H11N5O. The van der Waals surface area contributed by atoms with Gasteiger partial charge < -0.3 is 4.98 Å². The van der Waals surface area contributed by atoms with Gasteiger partial charge in [0.05, 0.1) is 16.6 Å². The first-order chi connectivity index (χ1) is 10.2. The third kappa shape index (κ3) is 1.80. The summed E-state index contributed by atoms with van der Waals surface area (Å²) < 4.78 is 0. The molecule has 4 aromatic rings. The number of ketones is 1. The lowest BCUT2D eigenvalue weighted by Gasteiger charge is -1.96. The summed E-state index contributed by atoms with van der Waals surface area (Å²) in [4.78, 5) is 22.8. The molecule has 6 nitrogen and oxygen atoms in total. The molecule has 0 aliphatic heterocycles. The third-order valence-electron chi connectivity index (χ3n) is 3.45. The highest BCUT2D eigenvalue weighted by Crippen LogP contribution is 2.28. The number of aromatic amines is 2. The van der Waals surface area contributed by atoms with Crippen LogP contribution in [-0.2, 0) is 0 Å². The Morgan fingerprint density at radius 1 is 1.14 bits per heavy atom. The molecule has 0 unspecified atom stereocenters. The number of imidazole rings is 1. The number of rotatable bonds is 2. The van der Waals surface area contributed by atoms with Crippen LogP contribution in [-0.4, -0.2) is 30.9 Å². The number of aromatic nitrogens is 5. The van der Waals surface area contributed by atoms with E-state index in [2.05, 4.69) is 25.1 Å². The van der Waals surface area contributed by atoms with E-state index >= 15 is 0 Å². The van der Waals surface area contributed by atoms with Gasteiger partial charge in [-0.25, -0.2) is 4.98 Å². The van der Waals surface area contributed by atoms with Crippen molar-refractivity contribution >= 4 is 27.7 Å². The topological polar surface area (TPSA) is 87.3 Å². The van der Waals surface area contributed by atoms with Crippen LogP contribution in [0, 0.1) is 0 Å². The van der Waals surface area contributed by atoms with Gasteiger partial charge in [-0.3, -0.25) is 14.9 Å². The van der Waals surface area contributed by atoms with Crippen LogP contribution in [0.4, 0.5) is 0 Å². The molecule has 1 aromatic carbocycles. The summed E-state index contributed by atoms with van der Waals surface area (Å²) in [6, 6.07) is 7.67. The Balaban J connectivity index is 1.99. The molecule has 0 fully saturated rings. The van der Waals surface area contributed by atoms with E-state index in [9.17, 15) is 4.79 Å². The Morgan fingerprint density at radius 2 is 1.95 bits per heavy atom. The summed E-state index contributed by atoms with van der Waals surface area (Å²) in [5.41, 5.74) is 4.30. The zero-order chi connectivity index (χ0) is 14.4. The van der Waals surface area contributed by atoms with Gasteiger partial charge in [0.25, 0.3) is 0 Å². The van der Waals surface area contributed by atoms with Crippen molar-refractivity contribution in [2.75, 3.05) is 0 Å². The fraction of sp³-hybridized carbons (Fsp3) is 0.0667. The molecule has 0 saturated heterocycles. The Morgan fingerprint density at radius 3 is 2.71 bits per heavy atom. The minimum Gasteiger partial charge on any atom is -0.335 e. The second-order valence-corrected chi connectivity index (χ2v) is 4.86. The Kier molecular flexibility index (Phi) is 2.38. The van der Waals surface area contributed by atoms with Crippen LogP contribution >= 0.6 is 0 Å². The monoisotopic (exact) mass is 277 g/mol. The molecule has 0 aliphatic rings. The maximum Gasteiger partial charge on any atom is 0.195 e. The van der Waals surface area contributed by atoms with Gasteiger partial charge in [-0.2, -0.15) is 5.10 Å². The van der Waals surface area contributed by atoms with Gasteiger partial charge >= 0.3 is 0 Å². The van der Waals surface area contributed by atoms with Gasteiger partial charge in [0.1, 0.15) is 5.69 Å². The smallest absolute Gasteiger partial charge is 0.195 e. The lowest BCUT2D eigenvalue weighted by atomic mass is 10.1. The number of nitrogens with one attached hydrogen (secondary N) is 2. The first-order valence-corrected chi connectivity index (χ1v) is 6.51. The summed E-state index contributed by atoms with van der Waals surface area (Å²) >= 11 is 0. The second kappa shape index (κ2) is 4.24. The summed E-state index contributed by atoms with van der Waals surface area (Å²) in [6.45, 7) is 1.49. The van der Waals surface area contributed by atoms with E-state index in [0.29, 0.717) is 5.82 Å². The molecule has 3 heterocycles. The zero-order valence-electron chi connectivity index (χ0n) is 11.2. The number of carbonyl (C=O) groups excluding carboxylic acids is 1. The van der Waals surface area contributed by atoms with Gasteiger partial charge in [0, 0.05) is 30.3 Å². The standard InChI is InChI=1S/C15H11N5O/c1-8(21)15-17-12-6-10-11(7-13(12)18-15)19-20-14(10)9-2-4-16-5-3-9/h2-7H,1H3,(H,17,18)(H,19,20). The minimum atomic E-state index is -0.0812. The van der Waals surface area contributed by atoms with Gasteiger partial charge in [-0.1, -0.05) is 0 Å². The molecule has 0 saturated carbocycles. The molecule has 0 atom stereocenters. The number of nitrogens with zero attached hydrogens (tertiary/aromatic N) is 3. The Bertz CT molecular complexity index is 968. The Hall–Kier alpha value is -3.02. The molecule has 0 radical (unpaired) electrons. The summed E-state index contributed by atoms with van der Waals surface area (Å²) in [5.74, 6) is 0.290. The maximum absolute atomic E-state index is 11.4. The van der Waals surface area contributed by atoms with Crippen LogP contribution in [0.2, 0.25) is 0 Å². The average Bonchev–Trinajstić information content (AvgIpc) is 3.08. The molecule has 102 valence electrons. The second-order valence-electron chi connectivity index (χ2n) is 4.86. The van der Waals surface area contributed by atoms with E-state index in [0.717, 1.165) is 33.2 Å². The molecular weight excluding hydrogens is 266 g/mol. The maximum atomic E-state index is 11.4. The number of H-pyrrole nitrogens is 2. The molecule has 2 N–H and O–H groups in total. The summed E-state index contributed by atoms with van der Waals surface area (Å²) in [5, 5.41) is 8.35. The van der Waals surface area contributed by atoms with Crippen molar-refractivity contribution < 1.29 is 4.79 Å². The fourth-order valence-corrected chi connectivity index (χ4v) is 2.42. The van der Waals surface area contributed by atoms with Crippen LogP contribution in [0.1, 0.15) is 17.5 Å². The highest BCUT2D eigenvalue weighted by atomic mass is 16.1. The van der Waals surface area contributed by atoms with Crippen LogP contribution in [0.5, 0.6) is 0 Å². The van der Waals surface area contributed by atoms with Gasteiger partial charge in [0.15, 0.2) is 11.6 Å². The fourth-order valence-electron chi connectivity index (χ4n) is 2.42. The number of pyridine rings is 1. The molecule has 0 amide bonds. The number of benzene rings is 1. The van der Waals surface area contributed by atoms with E-state index in [-0.39, 0.29) is 5.78 Å². The van der Waals surface area contributed by atoms with E-state index < -0.39 is 0 Å². The lowest BCUT2D eigenvalue weighted by Crippen LogP contribution is -1.93. The van der Waals surface area contributed by atoms with Crippen molar-refractivity contribution in [3.05, 3.63) is 42.5 Å². The normalized spacial score (nSPS) is 11.3. The number of hydrogen-bond acceptors (Lipinski definition) is 4. The largest absolute Gasteiger partial charge is 0.335 e. The predicted octanol–water partition coefficient (Wildman–Crippen LogP) is 2.70. The summed E-state index contributed by atoms with van der Waals surface area (Å²) in [6.07, 6.45) is 3.47. The quantitative estimate of drug-likeness (QED) is 0.551. The number of Topliss-reactive ketones (excluding diaryl/α,β-unsaturated/α-hetero) is 1. The number of carbonyl (C=O) groups is 1. The molecule has 21 heavy (non-hydrogen) atoms. The van der Waals surface area contributed by atoms with E-state index in [1.807, 2.05) is 24.3 Å². The van der Waals surface area contributed by atoms with Crippen molar-refractivity contribution in [2.24, 2.45) is 0 Å². The van der Waals surface area contributed by atoms with Crippen LogP contribution < -0.4 is 0 Å². The minimum absolute atomic E-state index is 0.0812. The Labute approximate surface area is 119 Å².